The Morgan fingerprint density at radius 2 is 2.00 bits per heavy atom. The van der Waals surface area contributed by atoms with Crippen LogP contribution in [0.2, 0.25) is 0 Å². The fraction of sp³-hybridized carbons (Fsp3) is 0.231. The largest absolute Gasteiger partial charge is 0.385 e. The highest BCUT2D eigenvalue weighted by atomic mass is 32.1. The molecule has 15 heavy (non-hydrogen) atoms. The molecule has 0 aliphatic rings. The number of benzene rings is 1. The Bertz CT molecular complexity index is 406. The van der Waals surface area contributed by atoms with Crippen LogP contribution in [0.25, 0.3) is 10.4 Å². The fourth-order valence-corrected chi connectivity index (χ4v) is 2.31. The van der Waals surface area contributed by atoms with Gasteiger partial charge in [-0.1, -0.05) is 31.2 Å². The molecule has 0 saturated heterocycles. The second-order valence-corrected chi connectivity index (χ2v) is 4.40. The molecule has 1 heterocycles. The van der Waals surface area contributed by atoms with E-state index in [1.165, 1.54) is 16.1 Å². The molecule has 0 aliphatic carbocycles. The topological polar surface area (TPSA) is 12.0 Å². The van der Waals surface area contributed by atoms with Crippen LogP contribution in [0, 0.1) is 0 Å². The number of para-hydroxylation sites is 1. The first-order valence-corrected chi connectivity index (χ1v) is 6.16. The first-order chi connectivity index (χ1) is 7.42. The highest BCUT2D eigenvalue weighted by Crippen LogP contribution is 2.31. The molecule has 2 heteroatoms. The van der Waals surface area contributed by atoms with Crippen molar-refractivity contribution in [3.8, 4) is 10.4 Å². The fourth-order valence-electron chi connectivity index (χ4n) is 1.54. The van der Waals surface area contributed by atoms with Crippen molar-refractivity contribution in [2.24, 2.45) is 0 Å². The summed E-state index contributed by atoms with van der Waals surface area (Å²) in [7, 11) is 0. The molecule has 0 radical (unpaired) electrons. The summed E-state index contributed by atoms with van der Waals surface area (Å²) in [4.78, 5) is 1.33. The lowest BCUT2D eigenvalue weighted by molar-refractivity contribution is 0.980. The van der Waals surface area contributed by atoms with Crippen molar-refractivity contribution in [2.45, 2.75) is 13.3 Å². The number of hydrogen-bond donors (Lipinski definition) is 1. The van der Waals surface area contributed by atoms with Crippen molar-refractivity contribution in [3.63, 3.8) is 0 Å². The van der Waals surface area contributed by atoms with E-state index in [4.69, 9.17) is 0 Å². The zero-order valence-electron chi connectivity index (χ0n) is 8.86. The van der Waals surface area contributed by atoms with Crippen molar-refractivity contribution in [3.05, 3.63) is 41.8 Å². The molecule has 0 spiro atoms. The maximum absolute atomic E-state index is 3.46. The maximum atomic E-state index is 3.46. The van der Waals surface area contributed by atoms with E-state index in [0.29, 0.717) is 0 Å². The molecule has 0 saturated carbocycles. The summed E-state index contributed by atoms with van der Waals surface area (Å²) in [6, 6.07) is 12.7. The maximum Gasteiger partial charge on any atom is 0.0428 e. The molecular weight excluding hydrogens is 202 g/mol. The van der Waals surface area contributed by atoms with Gasteiger partial charge in [0.15, 0.2) is 0 Å². The number of anilines is 1. The second kappa shape index (κ2) is 4.99. The highest BCUT2D eigenvalue weighted by molar-refractivity contribution is 7.13. The Hall–Kier alpha value is -1.28. The van der Waals surface area contributed by atoms with Crippen LogP contribution in [0.5, 0.6) is 0 Å². The van der Waals surface area contributed by atoms with Crippen molar-refractivity contribution in [1.82, 2.24) is 0 Å². The van der Waals surface area contributed by atoms with Gasteiger partial charge in [-0.15, -0.1) is 11.3 Å². The molecule has 0 atom stereocenters. The molecule has 0 unspecified atom stereocenters. The van der Waals surface area contributed by atoms with Gasteiger partial charge in [0.2, 0.25) is 0 Å². The second-order valence-electron chi connectivity index (χ2n) is 3.45. The molecule has 0 amide bonds. The summed E-state index contributed by atoms with van der Waals surface area (Å²) in [6.07, 6.45) is 1.15. The van der Waals surface area contributed by atoms with Gasteiger partial charge in [-0.3, -0.25) is 0 Å². The molecule has 2 rings (SSSR count). The minimum atomic E-state index is 1.03. The summed E-state index contributed by atoms with van der Waals surface area (Å²) in [6.45, 7) is 3.21. The van der Waals surface area contributed by atoms with Crippen molar-refractivity contribution in [1.29, 1.82) is 0 Å². The van der Waals surface area contributed by atoms with Gasteiger partial charge in [-0.05, 0) is 23.9 Å². The van der Waals surface area contributed by atoms with E-state index in [1.54, 1.807) is 11.3 Å². The van der Waals surface area contributed by atoms with Crippen molar-refractivity contribution in [2.75, 3.05) is 11.9 Å². The van der Waals surface area contributed by atoms with Crippen LogP contribution in [0.1, 0.15) is 13.3 Å². The summed E-state index contributed by atoms with van der Waals surface area (Å²) >= 11 is 1.78. The third-order valence-electron chi connectivity index (χ3n) is 2.28. The molecule has 78 valence electrons. The molecule has 1 aromatic carbocycles. The molecule has 0 bridgehead atoms. The first-order valence-electron chi connectivity index (χ1n) is 5.28. The minimum Gasteiger partial charge on any atom is -0.385 e. The van der Waals surface area contributed by atoms with Crippen LogP contribution in [0.4, 0.5) is 5.69 Å². The summed E-state index contributed by atoms with van der Waals surface area (Å²) in [5.74, 6) is 0. The number of rotatable bonds is 4. The van der Waals surface area contributed by atoms with Crippen LogP contribution < -0.4 is 5.32 Å². The SMILES string of the molecule is CCCNc1ccccc1-c1cccs1. The van der Waals surface area contributed by atoms with Gasteiger partial charge in [0.25, 0.3) is 0 Å². The van der Waals surface area contributed by atoms with E-state index in [9.17, 15) is 0 Å². The van der Waals surface area contributed by atoms with Crippen molar-refractivity contribution >= 4 is 17.0 Å². The predicted octanol–water partition coefficient (Wildman–Crippen LogP) is 4.24. The van der Waals surface area contributed by atoms with E-state index < -0.39 is 0 Å². The summed E-state index contributed by atoms with van der Waals surface area (Å²) in [5.41, 5.74) is 2.54. The van der Waals surface area contributed by atoms with Gasteiger partial charge in [0.1, 0.15) is 0 Å². The Labute approximate surface area is 94.8 Å². The molecule has 1 aromatic heterocycles. The molecule has 2 aromatic rings. The lowest BCUT2D eigenvalue weighted by atomic mass is 10.1. The number of thiophene rings is 1. The molecule has 0 fully saturated rings. The van der Waals surface area contributed by atoms with Crippen LogP contribution in [-0.4, -0.2) is 6.54 Å². The van der Waals surface area contributed by atoms with Gasteiger partial charge in [-0.25, -0.2) is 0 Å². The van der Waals surface area contributed by atoms with Gasteiger partial charge in [-0.2, -0.15) is 0 Å². The normalized spacial score (nSPS) is 10.2. The Balaban J connectivity index is 2.30. The Kier molecular flexibility index (Phi) is 3.41. The third-order valence-corrected chi connectivity index (χ3v) is 3.18. The van der Waals surface area contributed by atoms with E-state index in [1.807, 2.05) is 0 Å². The molecule has 1 nitrogen and oxygen atoms in total. The van der Waals surface area contributed by atoms with Gasteiger partial charge < -0.3 is 5.32 Å². The quantitative estimate of drug-likeness (QED) is 0.807. The first kappa shape index (κ1) is 10.2. The minimum absolute atomic E-state index is 1.03. The average Bonchev–Trinajstić information content (AvgIpc) is 2.80. The molecule has 0 aliphatic heterocycles. The zero-order chi connectivity index (χ0) is 10.5. The zero-order valence-corrected chi connectivity index (χ0v) is 9.68. The van der Waals surface area contributed by atoms with Gasteiger partial charge in [0, 0.05) is 22.7 Å². The third kappa shape index (κ3) is 2.39. The van der Waals surface area contributed by atoms with Crippen LogP contribution in [-0.2, 0) is 0 Å². The van der Waals surface area contributed by atoms with E-state index >= 15 is 0 Å². The average molecular weight is 217 g/mol. The van der Waals surface area contributed by atoms with Crippen LogP contribution in [0.15, 0.2) is 41.8 Å². The Morgan fingerprint density at radius 1 is 1.13 bits per heavy atom. The molecular formula is C13H15NS. The molecule has 1 N–H and O–H groups in total. The summed E-state index contributed by atoms with van der Waals surface area (Å²) in [5, 5.41) is 5.57. The van der Waals surface area contributed by atoms with E-state index in [2.05, 4.69) is 54.0 Å². The van der Waals surface area contributed by atoms with Gasteiger partial charge in [0.05, 0.1) is 0 Å². The summed E-state index contributed by atoms with van der Waals surface area (Å²) < 4.78 is 0. The standard InChI is InChI=1S/C13H15NS/c1-2-9-14-12-7-4-3-6-11(12)13-8-5-10-15-13/h3-8,10,14H,2,9H2,1H3. The van der Waals surface area contributed by atoms with Crippen LogP contribution >= 0.6 is 11.3 Å². The lowest BCUT2D eigenvalue weighted by Gasteiger charge is -2.09. The predicted molar refractivity (Wildman–Crippen MR) is 68.5 cm³/mol. The number of hydrogen-bond acceptors (Lipinski definition) is 2. The van der Waals surface area contributed by atoms with E-state index in [0.717, 1.165) is 13.0 Å². The highest BCUT2D eigenvalue weighted by Gasteiger charge is 2.03. The Morgan fingerprint density at radius 3 is 2.73 bits per heavy atom. The van der Waals surface area contributed by atoms with Crippen LogP contribution in [0.3, 0.4) is 0 Å². The van der Waals surface area contributed by atoms with Crippen molar-refractivity contribution < 1.29 is 0 Å². The smallest absolute Gasteiger partial charge is 0.0428 e. The van der Waals surface area contributed by atoms with E-state index in [-0.39, 0.29) is 0 Å². The monoisotopic (exact) mass is 217 g/mol. The lowest BCUT2D eigenvalue weighted by Crippen LogP contribution is -2.00. The number of nitrogens with one attached hydrogen (secondary N) is 1. The van der Waals surface area contributed by atoms with Gasteiger partial charge >= 0.3 is 0 Å².